The fourth-order valence-electron chi connectivity index (χ4n) is 1.05. The van der Waals surface area contributed by atoms with E-state index in [0.29, 0.717) is 5.69 Å². The molecule has 4 heteroatoms. The molecule has 1 saturated heterocycles. The zero-order valence-corrected chi connectivity index (χ0v) is 7.50. The summed E-state index contributed by atoms with van der Waals surface area (Å²) in [6.07, 6.45) is 0. The van der Waals surface area contributed by atoms with Gasteiger partial charge in [0.05, 0.1) is 11.4 Å². The van der Waals surface area contributed by atoms with Crippen LogP contribution in [0, 0.1) is 6.07 Å². The van der Waals surface area contributed by atoms with Gasteiger partial charge in [-0.1, -0.05) is 18.2 Å². The molecule has 1 aliphatic rings. The number of carbonyl (C=O) groups is 2. The Morgan fingerprint density at radius 1 is 1.38 bits per heavy atom. The lowest BCUT2D eigenvalue weighted by molar-refractivity contribution is -0.133. The summed E-state index contributed by atoms with van der Waals surface area (Å²) in [5.41, 5.74) is 0.642. The molecule has 0 aromatic heterocycles. The van der Waals surface area contributed by atoms with Crippen LogP contribution in [-0.2, 0) is 9.59 Å². The molecule has 1 amide bonds. The van der Waals surface area contributed by atoms with Gasteiger partial charge in [-0.15, -0.1) is 0 Å². The first-order chi connectivity index (χ1) is 6.29. The lowest BCUT2D eigenvalue weighted by Gasteiger charge is -2.11. The highest BCUT2D eigenvalue weighted by Gasteiger charge is 2.31. The van der Waals surface area contributed by atoms with Gasteiger partial charge in [0.25, 0.3) is 0 Å². The van der Waals surface area contributed by atoms with E-state index < -0.39 is 5.91 Å². The van der Waals surface area contributed by atoms with E-state index in [-0.39, 0.29) is 11.5 Å². The largest absolute Gasteiger partial charge is 0.305 e. The van der Waals surface area contributed by atoms with Crippen LogP contribution >= 0.6 is 11.9 Å². The van der Waals surface area contributed by atoms with Crippen LogP contribution in [0.2, 0.25) is 0 Å². The quantitative estimate of drug-likeness (QED) is 0.493. The second-order valence-corrected chi connectivity index (χ2v) is 3.46. The Hall–Kier alpha value is -1.29. The van der Waals surface area contributed by atoms with Gasteiger partial charge < -0.3 is 0 Å². The molecule has 1 aromatic carbocycles. The van der Waals surface area contributed by atoms with Crippen LogP contribution in [0.4, 0.5) is 5.69 Å². The van der Waals surface area contributed by atoms with Gasteiger partial charge in [0.2, 0.25) is 5.78 Å². The minimum atomic E-state index is -0.451. The van der Waals surface area contributed by atoms with Gasteiger partial charge in [-0.25, -0.2) is 4.31 Å². The Morgan fingerprint density at radius 3 is 2.77 bits per heavy atom. The van der Waals surface area contributed by atoms with Crippen LogP contribution in [0.25, 0.3) is 0 Å². The summed E-state index contributed by atoms with van der Waals surface area (Å²) >= 11 is 1.21. The first kappa shape index (κ1) is 8.31. The molecule has 0 aliphatic carbocycles. The van der Waals surface area contributed by atoms with Crippen molar-refractivity contribution in [3.8, 4) is 0 Å². The van der Waals surface area contributed by atoms with Crippen LogP contribution in [0.1, 0.15) is 0 Å². The molecule has 1 fully saturated rings. The van der Waals surface area contributed by atoms with Crippen molar-refractivity contribution in [3.63, 3.8) is 0 Å². The van der Waals surface area contributed by atoms with E-state index in [9.17, 15) is 9.59 Å². The summed E-state index contributed by atoms with van der Waals surface area (Å²) < 4.78 is 1.38. The minimum absolute atomic E-state index is 0.238. The maximum atomic E-state index is 11.2. The number of rotatable bonds is 1. The van der Waals surface area contributed by atoms with Crippen molar-refractivity contribution < 1.29 is 9.59 Å². The second kappa shape index (κ2) is 3.22. The summed E-state index contributed by atoms with van der Waals surface area (Å²) in [6, 6.07) is 9.99. The second-order valence-electron chi connectivity index (χ2n) is 2.54. The topological polar surface area (TPSA) is 37.4 Å². The van der Waals surface area contributed by atoms with E-state index in [1.165, 1.54) is 16.3 Å². The molecule has 0 N–H and O–H groups in total. The smallest absolute Gasteiger partial charge is 0.288 e. The molecule has 0 bridgehead atoms. The average Bonchev–Trinajstić information content (AvgIpc) is 2.49. The van der Waals surface area contributed by atoms with Crippen molar-refractivity contribution in [1.82, 2.24) is 0 Å². The SMILES string of the molecule is O=C1CSN(c2[c]cccc2)C1=O. The van der Waals surface area contributed by atoms with Crippen LogP contribution in [0.3, 0.4) is 0 Å². The first-order valence-corrected chi connectivity index (χ1v) is 4.70. The number of amides is 1. The molecule has 1 aromatic rings. The van der Waals surface area contributed by atoms with Gasteiger partial charge in [0.1, 0.15) is 0 Å². The molecule has 0 saturated carbocycles. The highest BCUT2D eigenvalue weighted by molar-refractivity contribution is 8.03. The Morgan fingerprint density at radius 2 is 2.23 bits per heavy atom. The molecule has 0 atom stereocenters. The number of nitrogens with zero attached hydrogens (tertiary/aromatic N) is 1. The number of Topliss-reactive ketones (excluding diaryl/α,β-unsaturated/α-hetero) is 1. The fourth-order valence-corrected chi connectivity index (χ4v) is 1.89. The molecule has 65 valence electrons. The van der Waals surface area contributed by atoms with Crippen molar-refractivity contribution in [2.24, 2.45) is 0 Å². The molecule has 0 spiro atoms. The number of carbonyl (C=O) groups excluding carboxylic acids is 2. The number of hydrogen-bond donors (Lipinski definition) is 0. The van der Waals surface area contributed by atoms with Crippen LogP contribution in [0.15, 0.2) is 24.3 Å². The van der Waals surface area contributed by atoms with Crippen molar-refractivity contribution >= 4 is 29.3 Å². The van der Waals surface area contributed by atoms with Crippen LogP contribution in [0.5, 0.6) is 0 Å². The standard InChI is InChI=1S/C9H6NO2S/c11-8-6-13-10(9(8)12)7-4-2-1-3-5-7/h1-4H,6H2. The van der Waals surface area contributed by atoms with Gasteiger partial charge in [-0.3, -0.25) is 9.59 Å². The molecule has 1 aliphatic heterocycles. The van der Waals surface area contributed by atoms with E-state index in [2.05, 4.69) is 6.07 Å². The molecule has 2 rings (SSSR count). The van der Waals surface area contributed by atoms with E-state index in [0.717, 1.165) is 0 Å². The van der Waals surface area contributed by atoms with E-state index >= 15 is 0 Å². The molecule has 13 heavy (non-hydrogen) atoms. The monoisotopic (exact) mass is 192 g/mol. The Kier molecular flexibility index (Phi) is 2.06. The number of para-hydroxylation sites is 1. The number of ketones is 1. The molecular weight excluding hydrogens is 186 g/mol. The van der Waals surface area contributed by atoms with Gasteiger partial charge in [0.15, 0.2) is 0 Å². The number of benzene rings is 1. The minimum Gasteiger partial charge on any atom is -0.288 e. The van der Waals surface area contributed by atoms with Gasteiger partial charge in [0, 0.05) is 6.07 Å². The summed E-state index contributed by atoms with van der Waals surface area (Å²) in [5, 5.41) is 0. The Labute approximate surface area is 79.9 Å². The maximum Gasteiger partial charge on any atom is 0.305 e. The van der Waals surface area contributed by atoms with E-state index in [1.807, 2.05) is 12.1 Å². The van der Waals surface area contributed by atoms with Crippen LogP contribution < -0.4 is 4.31 Å². The Bertz CT molecular complexity index is 350. The molecule has 1 heterocycles. The zero-order chi connectivity index (χ0) is 9.26. The summed E-state index contributed by atoms with van der Waals surface area (Å²) in [7, 11) is 0. The highest BCUT2D eigenvalue weighted by Crippen LogP contribution is 2.26. The first-order valence-electron chi connectivity index (χ1n) is 3.76. The Balaban J connectivity index is 2.29. The fraction of sp³-hybridized carbons (Fsp3) is 0.111. The molecule has 3 nitrogen and oxygen atoms in total. The van der Waals surface area contributed by atoms with E-state index in [1.54, 1.807) is 12.1 Å². The number of hydrogen-bond acceptors (Lipinski definition) is 3. The average molecular weight is 192 g/mol. The third kappa shape index (κ3) is 1.45. The van der Waals surface area contributed by atoms with Crippen molar-refractivity contribution in [3.05, 3.63) is 30.3 Å². The van der Waals surface area contributed by atoms with Crippen molar-refractivity contribution in [1.29, 1.82) is 0 Å². The van der Waals surface area contributed by atoms with Gasteiger partial charge in [-0.2, -0.15) is 0 Å². The molecular formula is C9H6NO2S. The van der Waals surface area contributed by atoms with Crippen molar-refractivity contribution in [2.75, 3.05) is 10.1 Å². The normalized spacial score (nSPS) is 16.8. The third-order valence-corrected chi connectivity index (χ3v) is 2.67. The predicted molar refractivity (Wildman–Crippen MR) is 50.2 cm³/mol. The summed E-state index contributed by atoms with van der Waals surface area (Å²) in [4.78, 5) is 22.2. The third-order valence-electron chi connectivity index (χ3n) is 1.66. The maximum absolute atomic E-state index is 11.2. The molecule has 0 unspecified atom stereocenters. The van der Waals surface area contributed by atoms with Crippen LogP contribution in [-0.4, -0.2) is 17.4 Å². The molecule has 1 radical (unpaired) electrons. The lowest BCUT2D eigenvalue weighted by Crippen LogP contribution is -2.22. The highest BCUT2D eigenvalue weighted by atomic mass is 32.2. The summed E-state index contributed by atoms with van der Waals surface area (Å²) in [5.74, 6) is -0.559. The van der Waals surface area contributed by atoms with Crippen molar-refractivity contribution in [2.45, 2.75) is 0 Å². The number of anilines is 1. The zero-order valence-electron chi connectivity index (χ0n) is 6.69. The lowest BCUT2D eigenvalue weighted by atomic mass is 10.3. The predicted octanol–water partition coefficient (Wildman–Crippen LogP) is 1.05. The van der Waals surface area contributed by atoms with E-state index in [4.69, 9.17) is 0 Å². The summed E-state index contributed by atoms with van der Waals surface area (Å²) in [6.45, 7) is 0. The van der Waals surface area contributed by atoms with Gasteiger partial charge in [-0.05, 0) is 18.0 Å². The van der Waals surface area contributed by atoms with Gasteiger partial charge >= 0.3 is 5.91 Å².